The first kappa shape index (κ1) is 18.3. The lowest BCUT2D eigenvalue weighted by atomic mass is 10.0. The Morgan fingerprint density at radius 3 is 2.26 bits per heavy atom. The molecular formula is C14H29N3OS. The van der Waals surface area contributed by atoms with Crippen LogP contribution in [-0.2, 0) is 4.79 Å². The van der Waals surface area contributed by atoms with Crippen molar-refractivity contribution >= 4 is 23.1 Å². The molecular weight excluding hydrogens is 258 g/mol. The number of nitrogens with one attached hydrogen (secondary N) is 1. The summed E-state index contributed by atoms with van der Waals surface area (Å²) in [5.74, 6) is 0.174. The number of carbonyl (C=O) groups excluding carboxylic acids is 1. The Balaban J connectivity index is 4.62. The molecule has 4 nitrogen and oxygen atoms in total. The monoisotopic (exact) mass is 287 g/mol. The van der Waals surface area contributed by atoms with Gasteiger partial charge in [0.15, 0.2) is 0 Å². The highest BCUT2D eigenvalue weighted by molar-refractivity contribution is 7.80. The number of amides is 1. The van der Waals surface area contributed by atoms with Crippen molar-refractivity contribution in [2.24, 2.45) is 11.7 Å². The van der Waals surface area contributed by atoms with E-state index in [1.54, 1.807) is 0 Å². The van der Waals surface area contributed by atoms with Crippen LogP contribution in [0.15, 0.2) is 0 Å². The van der Waals surface area contributed by atoms with Gasteiger partial charge in [0.2, 0.25) is 5.91 Å². The Morgan fingerprint density at radius 1 is 1.37 bits per heavy atom. The van der Waals surface area contributed by atoms with E-state index in [0.29, 0.717) is 11.5 Å². The van der Waals surface area contributed by atoms with Gasteiger partial charge in [0.05, 0.1) is 11.0 Å². The summed E-state index contributed by atoms with van der Waals surface area (Å²) in [4.78, 5) is 14.9. The number of hydrogen-bond acceptors (Lipinski definition) is 3. The van der Waals surface area contributed by atoms with E-state index >= 15 is 0 Å². The summed E-state index contributed by atoms with van der Waals surface area (Å²) in [7, 11) is 0. The van der Waals surface area contributed by atoms with Gasteiger partial charge in [0, 0.05) is 18.0 Å². The van der Waals surface area contributed by atoms with Crippen molar-refractivity contribution in [2.45, 2.75) is 59.5 Å². The summed E-state index contributed by atoms with van der Waals surface area (Å²) < 4.78 is 0. The molecule has 0 bridgehead atoms. The standard InChI is InChI=1S/C14H29N3OS/c1-7-14(5,6)16-13(18)11(4)17(8-2)9-10(3)12(15)19/h10-11H,7-9H2,1-6H3,(H2,15,19)(H,16,18). The van der Waals surface area contributed by atoms with Gasteiger partial charge in [-0.1, -0.05) is 33.0 Å². The molecule has 0 heterocycles. The van der Waals surface area contributed by atoms with E-state index in [-0.39, 0.29) is 23.4 Å². The highest BCUT2D eigenvalue weighted by Crippen LogP contribution is 2.10. The molecule has 0 rings (SSSR count). The van der Waals surface area contributed by atoms with Gasteiger partial charge in [-0.2, -0.15) is 0 Å². The number of carbonyl (C=O) groups is 1. The van der Waals surface area contributed by atoms with Gasteiger partial charge < -0.3 is 11.1 Å². The van der Waals surface area contributed by atoms with Crippen LogP contribution in [0.3, 0.4) is 0 Å². The molecule has 0 aliphatic rings. The van der Waals surface area contributed by atoms with Gasteiger partial charge >= 0.3 is 0 Å². The highest BCUT2D eigenvalue weighted by atomic mass is 32.1. The van der Waals surface area contributed by atoms with Crippen molar-refractivity contribution in [1.29, 1.82) is 0 Å². The fourth-order valence-corrected chi connectivity index (χ4v) is 1.77. The SMILES string of the molecule is CCN(CC(C)C(N)=S)C(C)C(=O)NC(C)(C)CC. The predicted octanol–water partition coefficient (Wildman–Crippen LogP) is 1.92. The summed E-state index contributed by atoms with van der Waals surface area (Å²) in [6.07, 6.45) is 0.904. The van der Waals surface area contributed by atoms with Crippen molar-refractivity contribution in [3.05, 3.63) is 0 Å². The van der Waals surface area contributed by atoms with Gasteiger partial charge in [-0.15, -0.1) is 0 Å². The summed E-state index contributed by atoms with van der Waals surface area (Å²) in [5, 5.41) is 3.08. The van der Waals surface area contributed by atoms with Crippen LogP contribution in [0.1, 0.15) is 48.0 Å². The molecule has 0 radical (unpaired) electrons. The van der Waals surface area contributed by atoms with Gasteiger partial charge in [-0.3, -0.25) is 9.69 Å². The Hall–Kier alpha value is -0.680. The third kappa shape index (κ3) is 6.34. The first-order valence-electron chi connectivity index (χ1n) is 7.00. The Bertz CT molecular complexity index is 318. The van der Waals surface area contributed by atoms with E-state index in [9.17, 15) is 4.79 Å². The molecule has 0 aromatic heterocycles. The molecule has 0 saturated carbocycles. The van der Waals surface area contributed by atoms with E-state index in [1.807, 2.05) is 34.6 Å². The van der Waals surface area contributed by atoms with E-state index in [4.69, 9.17) is 18.0 Å². The number of likely N-dealkylation sites (N-methyl/N-ethyl adjacent to an activating group) is 1. The predicted molar refractivity (Wildman–Crippen MR) is 85.2 cm³/mol. The van der Waals surface area contributed by atoms with Crippen LogP contribution in [0.5, 0.6) is 0 Å². The molecule has 0 aromatic carbocycles. The number of nitrogens with two attached hydrogens (primary N) is 1. The van der Waals surface area contributed by atoms with E-state index in [2.05, 4.69) is 17.1 Å². The van der Waals surface area contributed by atoms with Gasteiger partial charge in [0.25, 0.3) is 0 Å². The first-order chi connectivity index (χ1) is 8.64. The van der Waals surface area contributed by atoms with Crippen LogP contribution < -0.4 is 11.1 Å². The number of hydrogen-bond donors (Lipinski definition) is 2. The van der Waals surface area contributed by atoms with Crippen molar-refractivity contribution in [2.75, 3.05) is 13.1 Å². The molecule has 2 atom stereocenters. The number of rotatable bonds is 8. The molecule has 5 heteroatoms. The normalized spacial score (nSPS) is 15.1. The van der Waals surface area contributed by atoms with Crippen molar-refractivity contribution < 1.29 is 4.79 Å². The molecule has 0 aromatic rings. The van der Waals surface area contributed by atoms with Crippen LogP contribution in [0.2, 0.25) is 0 Å². The fraction of sp³-hybridized carbons (Fsp3) is 0.857. The van der Waals surface area contributed by atoms with Crippen molar-refractivity contribution in [1.82, 2.24) is 10.2 Å². The van der Waals surface area contributed by atoms with E-state index < -0.39 is 0 Å². The maximum absolute atomic E-state index is 12.3. The van der Waals surface area contributed by atoms with Crippen molar-refractivity contribution in [3.8, 4) is 0 Å². The van der Waals surface area contributed by atoms with Crippen LogP contribution >= 0.6 is 12.2 Å². The zero-order valence-corrected chi connectivity index (χ0v) is 13.9. The molecule has 0 aliphatic carbocycles. The molecule has 112 valence electrons. The third-order valence-corrected chi connectivity index (χ3v) is 4.08. The minimum atomic E-state index is -0.173. The highest BCUT2D eigenvalue weighted by Gasteiger charge is 2.26. The largest absolute Gasteiger partial charge is 0.393 e. The van der Waals surface area contributed by atoms with Crippen LogP contribution in [-0.4, -0.2) is 40.5 Å². The van der Waals surface area contributed by atoms with Crippen LogP contribution in [0, 0.1) is 5.92 Å². The molecule has 19 heavy (non-hydrogen) atoms. The lowest BCUT2D eigenvalue weighted by Gasteiger charge is -2.32. The zero-order chi connectivity index (χ0) is 15.2. The van der Waals surface area contributed by atoms with E-state index in [0.717, 1.165) is 13.0 Å². The second-order valence-electron chi connectivity index (χ2n) is 5.79. The molecule has 0 spiro atoms. The second-order valence-corrected chi connectivity index (χ2v) is 6.27. The quantitative estimate of drug-likeness (QED) is 0.670. The summed E-state index contributed by atoms with van der Waals surface area (Å²) in [6.45, 7) is 13.6. The topological polar surface area (TPSA) is 58.4 Å². The zero-order valence-electron chi connectivity index (χ0n) is 13.1. The molecule has 0 saturated heterocycles. The molecule has 3 N–H and O–H groups in total. The summed E-state index contributed by atoms with van der Waals surface area (Å²) >= 11 is 4.99. The maximum Gasteiger partial charge on any atom is 0.237 e. The van der Waals surface area contributed by atoms with E-state index in [1.165, 1.54) is 0 Å². The Kier molecular flexibility index (Phi) is 7.52. The van der Waals surface area contributed by atoms with Crippen LogP contribution in [0.25, 0.3) is 0 Å². The fourth-order valence-electron chi connectivity index (χ4n) is 1.69. The minimum absolute atomic E-state index is 0.0591. The average Bonchev–Trinajstić information content (AvgIpc) is 2.33. The smallest absolute Gasteiger partial charge is 0.237 e. The van der Waals surface area contributed by atoms with Crippen LogP contribution in [0.4, 0.5) is 0 Å². The lowest BCUT2D eigenvalue weighted by molar-refractivity contribution is -0.127. The number of nitrogens with zero attached hydrogens (tertiary/aromatic N) is 1. The molecule has 2 unspecified atom stereocenters. The average molecular weight is 287 g/mol. The Labute approximate surface area is 123 Å². The van der Waals surface area contributed by atoms with Crippen molar-refractivity contribution in [3.63, 3.8) is 0 Å². The second kappa shape index (κ2) is 7.80. The molecule has 0 aliphatic heterocycles. The van der Waals surface area contributed by atoms with Gasteiger partial charge in [-0.05, 0) is 33.7 Å². The minimum Gasteiger partial charge on any atom is -0.393 e. The van der Waals surface area contributed by atoms with Gasteiger partial charge in [-0.25, -0.2) is 0 Å². The first-order valence-corrected chi connectivity index (χ1v) is 7.40. The van der Waals surface area contributed by atoms with Gasteiger partial charge in [0.1, 0.15) is 0 Å². The summed E-state index contributed by atoms with van der Waals surface area (Å²) in [6, 6.07) is -0.173. The third-order valence-electron chi connectivity index (χ3n) is 3.67. The number of thiocarbonyl (C=S) groups is 1. The lowest BCUT2D eigenvalue weighted by Crippen LogP contribution is -2.53. The summed E-state index contributed by atoms with van der Waals surface area (Å²) in [5.41, 5.74) is 5.48. The molecule has 1 amide bonds. The Morgan fingerprint density at radius 2 is 1.89 bits per heavy atom. The molecule has 0 fully saturated rings. The maximum atomic E-state index is 12.3.